The molecule has 0 radical (unpaired) electrons. The minimum Gasteiger partial charge on any atom is -0.379 e. The number of carbonyl (C=O) groups excluding carboxylic acids is 1. The molecule has 0 spiro atoms. The van der Waals surface area contributed by atoms with Crippen molar-refractivity contribution >= 4 is 37.2 Å². The van der Waals surface area contributed by atoms with Gasteiger partial charge in [-0.3, -0.25) is 4.79 Å². The Balaban J connectivity index is 2.24. The van der Waals surface area contributed by atoms with Gasteiger partial charge in [0.2, 0.25) is 0 Å². The van der Waals surface area contributed by atoms with Crippen molar-refractivity contribution in [2.45, 2.75) is 17.4 Å². The van der Waals surface area contributed by atoms with Gasteiger partial charge in [-0.15, -0.1) is 0 Å². The maximum Gasteiger partial charge on any atom is 0.261 e. The van der Waals surface area contributed by atoms with E-state index in [0.29, 0.717) is 13.2 Å². The molecule has 0 bridgehead atoms. The van der Waals surface area contributed by atoms with Crippen LogP contribution in [0.2, 0.25) is 5.02 Å². The Morgan fingerprint density at radius 2 is 2.11 bits per heavy atom. The first-order valence-electron chi connectivity index (χ1n) is 5.50. The quantitative estimate of drug-likeness (QED) is 0.861. The summed E-state index contributed by atoms with van der Waals surface area (Å²) in [5.74, 6) is -0.403. The van der Waals surface area contributed by atoms with Crippen LogP contribution in [0.1, 0.15) is 16.8 Å². The fourth-order valence-electron chi connectivity index (χ4n) is 1.75. The van der Waals surface area contributed by atoms with Crippen LogP contribution in [0.3, 0.4) is 0 Å². The normalized spacial score (nSPS) is 19.4. The van der Waals surface area contributed by atoms with Crippen LogP contribution in [0.25, 0.3) is 0 Å². The number of carbonyl (C=O) groups is 1. The van der Waals surface area contributed by atoms with Gasteiger partial charge in [0, 0.05) is 27.9 Å². The number of hydrogen-bond donors (Lipinski definition) is 1. The number of hydrogen-bond acceptors (Lipinski definition) is 4. The van der Waals surface area contributed by atoms with E-state index in [2.05, 4.69) is 5.32 Å². The van der Waals surface area contributed by atoms with Gasteiger partial charge in [-0.1, -0.05) is 11.6 Å². The van der Waals surface area contributed by atoms with E-state index in [4.69, 9.17) is 27.0 Å². The van der Waals surface area contributed by atoms with Crippen LogP contribution in [0, 0.1) is 0 Å². The van der Waals surface area contributed by atoms with Crippen molar-refractivity contribution in [3.63, 3.8) is 0 Å². The van der Waals surface area contributed by atoms with Crippen molar-refractivity contribution in [1.82, 2.24) is 5.32 Å². The summed E-state index contributed by atoms with van der Waals surface area (Å²) in [6.07, 6.45) is 0.729. The van der Waals surface area contributed by atoms with Crippen LogP contribution >= 0.6 is 22.3 Å². The molecule has 19 heavy (non-hydrogen) atoms. The van der Waals surface area contributed by atoms with Crippen molar-refractivity contribution in [2.24, 2.45) is 0 Å². The lowest BCUT2D eigenvalue weighted by Gasteiger charge is -2.11. The summed E-state index contributed by atoms with van der Waals surface area (Å²) in [6.45, 7) is 1.05. The highest BCUT2D eigenvalue weighted by Gasteiger charge is 2.20. The van der Waals surface area contributed by atoms with Crippen molar-refractivity contribution in [1.29, 1.82) is 0 Å². The molecule has 1 amide bonds. The van der Waals surface area contributed by atoms with Crippen molar-refractivity contribution < 1.29 is 17.9 Å². The predicted octanol–water partition coefficient (Wildman–Crippen LogP) is 1.79. The fourth-order valence-corrected chi connectivity index (χ4v) is 2.85. The van der Waals surface area contributed by atoms with Crippen LogP contribution in [-0.4, -0.2) is 33.6 Å². The Hall–Kier alpha value is -0.820. The molecule has 5 nitrogen and oxygen atoms in total. The molecule has 1 aromatic carbocycles. The van der Waals surface area contributed by atoms with Crippen molar-refractivity contribution in [3.8, 4) is 0 Å². The first kappa shape index (κ1) is 14.6. The van der Waals surface area contributed by atoms with Gasteiger partial charge in [0.25, 0.3) is 15.0 Å². The Kier molecular flexibility index (Phi) is 4.35. The highest BCUT2D eigenvalue weighted by atomic mass is 35.7. The zero-order valence-electron chi connectivity index (χ0n) is 9.73. The van der Waals surface area contributed by atoms with Crippen molar-refractivity contribution in [2.75, 3.05) is 13.2 Å². The van der Waals surface area contributed by atoms with E-state index in [9.17, 15) is 13.2 Å². The third-order valence-corrected chi connectivity index (χ3v) is 4.23. The van der Waals surface area contributed by atoms with E-state index >= 15 is 0 Å². The van der Waals surface area contributed by atoms with Crippen LogP contribution < -0.4 is 5.32 Å². The van der Waals surface area contributed by atoms with Gasteiger partial charge < -0.3 is 10.1 Å². The number of amides is 1. The summed E-state index contributed by atoms with van der Waals surface area (Å²) in [5.41, 5.74) is 0.152. The van der Waals surface area contributed by atoms with Gasteiger partial charge in [0.05, 0.1) is 17.5 Å². The van der Waals surface area contributed by atoms with Gasteiger partial charge in [-0.05, 0) is 24.6 Å². The number of ether oxygens (including phenoxy) is 1. The molecule has 1 N–H and O–H groups in total. The van der Waals surface area contributed by atoms with E-state index < -0.39 is 15.0 Å². The van der Waals surface area contributed by atoms with Gasteiger partial charge in [-0.2, -0.15) is 0 Å². The summed E-state index contributed by atoms with van der Waals surface area (Å²) in [7, 11) is 1.31. The molecule has 0 saturated carbocycles. The molecule has 8 heteroatoms. The minimum absolute atomic E-state index is 0.0671. The van der Waals surface area contributed by atoms with E-state index in [1.807, 2.05) is 0 Å². The molecule has 0 aromatic heterocycles. The fraction of sp³-hybridized carbons (Fsp3) is 0.364. The van der Waals surface area contributed by atoms with E-state index in [1.165, 1.54) is 18.2 Å². The third kappa shape index (κ3) is 3.82. The number of rotatable bonds is 3. The molecule has 2 rings (SSSR count). The number of halogens is 2. The van der Waals surface area contributed by atoms with Crippen LogP contribution in [0.5, 0.6) is 0 Å². The zero-order chi connectivity index (χ0) is 14.0. The largest absolute Gasteiger partial charge is 0.379 e. The number of nitrogens with one attached hydrogen (secondary N) is 1. The van der Waals surface area contributed by atoms with Crippen LogP contribution in [0.15, 0.2) is 23.1 Å². The molecular formula is C11H11Cl2NO4S. The molecule has 1 aliphatic heterocycles. The zero-order valence-corrected chi connectivity index (χ0v) is 12.1. The van der Waals surface area contributed by atoms with Crippen LogP contribution in [-0.2, 0) is 13.8 Å². The summed E-state index contributed by atoms with van der Waals surface area (Å²) in [4.78, 5) is 11.8. The summed E-state index contributed by atoms with van der Waals surface area (Å²) in [6, 6.07) is 3.71. The molecule has 1 atom stereocenters. The van der Waals surface area contributed by atoms with E-state index in [0.717, 1.165) is 6.42 Å². The summed E-state index contributed by atoms with van der Waals surface area (Å²) >= 11 is 5.79. The Bertz CT molecular complexity index is 597. The molecule has 0 aliphatic carbocycles. The molecule has 1 heterocycles. The molecular weight excluding hydrogens is 313 g/mol. The molecule has 104 valence electrons. The first-order chi connectivity index (χ1) is 8.86. The lowest BCUT2D eigenvalue weighted by Crippen LogP contribution is -2.35. The second kappa shape index (κ2) is 5.66. The molecule has 1 fully saturated rings. The molecule has 1 saturated heterocycles. The summed E-state index contributed by atoms with van der Waals surface area (Å²) in [5, 5.41) is 2.87. The second-order valence-electron chi connectivity index (χ2n) is 4.15. The monoisotopic (exact) mass is 323 g/mol. The lowest BCUT2D eigenvalue weighted by molar-refractivity contribution is 0.0929. The highest BCUT2D eigenvalue weighted by molar-refractivity contribution is 8.13. The third-order valence-electron chi connectivity index (χ3n) is 2.68. The first-order valence-corrected chi connectivity index (χ1v) is 8.19. The smallest absolute Gasteiger partial charge is 0.261 e. The Morgan fingerprint density at radius 3 is 2.68 bits per heavy atom. The Morgan fingerprint density at radius 1 is 1.37 bits per heavy atom. The highest BCUT2D eigenvalue weighted by Crippen LogP contribution is 2.22. The van der Waals surface area contributed by atoms with Gasteiger partial charge in [-0.25, -0.2) is 8.42 Å². The molecule has 1 unspecified atom stereocenters. The molecule has 1 aliphatic rings. The second-order valence-corrected chi connectivity index (χ2v) is 7.15. The number of benzene rings is 1. The van der Waals surface area contributed by atoms with Gasteiger partial charge in [0.15, 0.2) is 0 Å². The van der Waals surface area contributed by atoms with E-state index in [1.54, 1.807) is 0 Å². The van der Waals surface area contributed by atoms with Crippen molar-refractivity contribution in [3.05, 3.63) is 28.8 Å². The van der Waals surface area contributed by atoms with E-state index in [-0.39, 0.29) is 21.5 Å². The maximum atomic E-state index is 12.0. The standard InChI is InChI=1S/C11H11Cl2NO4S/c12-8-3-7(4-10(5-8)19(13,16)17)11(15)14-9-1-2-18-6-9/h3-5,9H,1-2,6H2,(H,14,15). The van der Waals surface area contributed by atoms with Gasteiger partial charge >= 0.3 is 0 Å². The Labute approximate surface area is 120 Å². The maximum absolute atomic E-state index is 12.0. The lowest BCUT2D eigenvalue weighted by atomic mass is 10.2. The van der Waals surface area contributed by atoms with Crippen LogP contribution in [0.4, 0.5) is 0 Å². The van der Waals surface area contributed by atoms with Gasteiger partial charge in [0.1, 0.15) is 0 Å². The average Bonchev–Trinajstić information content (AvgIpc) is 2.79. The SMILES string of the molecule is O=C(NC1CCOC1)c1cc(Cl)cc(S(=O)(=O)Cl)c1. The average molecular weight is 324 g/mol. The summed E-state index contributed by atoms with van der Waals surface area (Å²) < 4.78 is 27.7. The predicted molar refractivity (Wildman–Crippen MR) is 71.2 cm³/mol. The topological polar surface area (TPSA) is 72.5 Å². The minimum atomic E-state index is -3.93. The molecule has 1 aromatic rings.